The molecular formula is C20H14O6S. The van der Waals surface area contributed by atoms with Crippen molar-refractivity contribution in [3.05, 3.63) is 60.7 Å². The fourth-order valence-electron chi connectivity index (χ4n) is 3.19. The van der Waals surface area contributed by atoms with E-state index in [9.17, 15) is 28.8 Å². The Morgan fingerprint density at radius 1 is 0.556 bits per heavy atom. The Bertz CT molecular complexity index is 1230. The number of fused-ring (bicyclic) bond motifs is 2. The number of hydrogen-bond donors (Lipinski definition) is 4. The lowest BCUT2D eigenvalue weighted by Crippen LogP contribution is -2.04. The zero-order valence-electron chi connectivity index (χ0n) is 13.8. The van der Waals surface area contributed by atoms with Gasteiger partial charge in [0.15, 0.2) is 23.0 Å². The van der Waals surface area contributed by atoms with Crippen LogP contribution < -0.4 is 0 Å². The van der Waals surface area contributed by atoms with Gasteiger partial charge in [0, 0.05) is 33.7 Å². The lowest BCUT2D eigenvalue weighted by Gasteiger charge is -2.14. The van der Waals surface area contributed by atoms with Gasteiger partial charge in [0.25, 0.3) is 0 Å². The van der Waals surface area contributed by atoms with Crippen LogP contribution in [0.1, 0.15) is 0 Å². The number of sulfone groups is 1. The number of aromatic hydroxyl groups is 4. The molecule has 0 spiro atoms. The van der Waals surface area contributed by atoms with Crippen LogP contribution in [-0.2, 0) is 9.84 Å². The number of phenolic OH excluding ortho intramolecular Hbond substituents is 4. The molecule has 0 amide bonds. The Balaban J connectivity index is 2.14. The monoisotopic (exact) mass is 382 g/mol. The molecule has 4 aromatic rings. The number of phenols is 4. The topological polar surface area (TPSA) is 115 Å². The minimum atomic E-state index is -4.21. The molecule has 27 heavy (non-hydrogen) atoms. The molecule has 0 bridgehead atoms. The van der Waals surface area contributed by atoms with Gasteiger partial charge in [-0.25, -0.2) is 8.42 Å². The Morgan fingerprint density at radius 2 is 0.889 bits per heavy atom. The van der Waals surface area contributed by atoms with Crippen molar-refractivity contribution < 1.29 is 28.8 Å². The summed E-state index contributed by atoms with van der Waals surface area (Å²) in [6.07, 6.45) is 0. The van der Waals surface area contributed by atoms with E-state index < -0.39 is 32.8 Å². The van der Waals surface area contributed by atoms with Crippen LogP contribution in [0.3, 0.4) is 0 Å². The van der Waals surface area contributed by atoms with E-state index in [-0.39, 0.29) is 31.3 Å². The molecule has 0 atom stereocenters. The average Bonchev–Trinajstić information content (AvgIpc) is 2.67. The molecule has 0 aromatic heterocycles. The zero-order valence-corrected chi connectivity index (χ0v) is 14.6. The summed E-state index contributed by atoms with van der Waals surface area (Å²) in [6.45, 7) is 0. The Morgan fingerprint density at radius 3 is 1.26 bits per heavy atom. The summed E-state index contributed by atoms with van der Waals surface area (Å²) in [5.41, 5.74) is 0. The molecule has 4 N–H and O–H groups in total. The minimum Gasteiger partial charge on any atom is -0.504 e. The van der Waals surface area contributed by atoms with Crippen LogP contribution in [0.4, 0.5) is 0 Å². The third-order valence-electron chi connectivity index (χ3n) is 4.50. The molecule has 0 saturated heterocycles. The molecule has 7 heteroatoms. The molecule has 6 nitrogen and oxygen atoms in total. The van der Waals surface area contributed by atoms with Gasteiger partial charge < -0.3 is 20.4 Å². The molecule has 4 aromatic carbocycles. The number of hydrogen-bond acceptors (Lipinski definition) is 6. The Labute approximate surface area is 154 Å². The lowest BCUT2D eigenvalue weighted by atomic mass is 10.1. The largest absolute Gasteiger partial charge is 0.504 e. The van der Waals surface area contributed by atoms with E-state index in [4.69, 9.17) is 0 Å². The van der Waals surface area contributed by atoms with E-state index in [0.717, 1.165) is 12.1 Å². The normalized spacial score (nSPS) is 11.9. The summed E-state index contributed by atoms with van der Waals surface area (Å²) in [7, 11) is -4.21. The van der Waals surface area contributed by atoms with Crippen LogP contribution in [0.15, 0.2) is 70.5 Å². The van der Waals surface area contributed by atoms with Crippen LogP contribution in [-0.4, -0.2) is 28.8 Å². The van der Waals surface area contributed by atoms with Crippen molar-refractivity contribution >= 4 is 31.4 Å². The van der Waals surface area contributed by atoms with Gasteiger partial charge in [0.2, 0.25) is 9.84 Å². The molecule has 0 heterocycles. The highest BCUT2D eigenvalue weighted by atomic mass is 32.2. The average molecular weight is 382 g/mol. The smallest absolute Gasteiger partial charge is 0.208 e. The molecule has 136 valence electrons. The van der Waals surface area contributed by atoms with E-state index in [0.29, 0.717) is 0 Å². The molecule has 0 aliphatic rings. The lowest BCUT2D eigenvalue weighted by molar-refractivity contribution is 0.406. The van der Waals surface area contributed by atoms with E-state index in [2.05, 4.69) is 0 Å². The summed E-state index contributed by atoms with van der Waals surface area (Å²) in [5, 5.41) is 41.0. The van der Waals surface area contributed by atoms with Gasteiger partial charge in [0.05, 0.1) is 9.79 Å². The van der Waals surface area contributed by atoms with Crippen molar-refractivity contribution in [1.29, 1.82) is 0 Å². The molecular weight excluding hydrogens is 368 g/mol. The fraction of sp³-hybridized carbons (Fsp3) is 0. The predicted molar refractivity (Wildman–Crippen MR) is 100 cm³/mol. The first-order valence-electron chi connectivity index (χ1n) is 7.95. The van der Waals surface area contributed by atoms with Gasteiger partial charge in [-0.2, -0.15) is 0 Å². The number of rotatable bonds is 2. The van der Waals surface area contributed by atoms with Gasteiger partial charge in [-0.15, -0.1) is 0 Å². The van der Waals surface area contributed by atoms with Crippen LogP contribution >= 0.6 is 0 Å². The summed E-state index contributed by atoms with van der Waals surface area (Å²) in [4.78, 5) is -0.438. The van der Waals surface area contributed by atoms with E-state index in [1.54, 1.807) is 24.3 Å². The summed E-state index contributed by atoms with van der Waals surface area (Å²) < 4.78 is 26.8. The van der Waals surface area contributed by atoms with E-state index in [1.165, 1.54) is 24.3 Å². The maximum atomic E-state index is 13.4. The summed E-state index contributed by atoms with van der Waals surface area (Å²) in [6, 6.07) is 14.4. The maximum Gasteiger partial charge on any atom is 0.208 e. The molecule has 0 fully saturated rings. The van der Waals surface area contributed by atoms with Gasteiger partial charge in [-0.3, -0.25) is 0 Å². The van der Waals surface area contributed by atoms with Crippen molar-refractivity contribution in [3.8, 4) is 23.0 Å². The van der Waals surface area contributed by atoms with Crippen molar-refractivity contribution in [2.75, 3.05) is 0 Å². The zero-order chi connectivity index (χ0) is 19.3. The van der Waals surface area contributed by atoms with Gasteiger partial charge in [-0.05, 0) is 0 Å². The highest BCUT2D eigenvalue weighted by Gasteiger charge is 2.27. The highest BCUT2D eigenvalue weighted by molar-refractivity contribution is 7.92. The fourth-order valence-corrected chi connectivity index (χ4v) is 4.89. The second-order valence-electron chi connectivity index (χ2n) is 6.08. The minimum absolute atomic E-state index is 0.184. The Hall–Kier alpha value is -3.45. The molecule has 0 unspecified atom stereocenters. The second-order valence-corrected chi connectivity index (χ2v) is 7.97. The standard InChI is InChI=1S/C20H14O6S/c21-15-9-17(11-5-1-3-7-13(11)19(15)23)27(25,26)18-10-16(22)20(24)14-8-4-2-6-12(14)18/h1-10,21-24H. The predicted octanol–water partition coefficient (Wildman–Crippen LogP) is 3.65. The van der Waals surface area contributed by atoms with Crippen LogP contribution in [0.25, 0.3) is 21.5 Å². The number of benzene rings is 4. The quantitative estimate of drug-likeness (QED) is 0.394. The first-order valence-corrected chi connectivity index (χ1v) is 9.43. The van der Waals surface area contributed by atoms with Crippen molar-refractivity contribution in [3.63, 3.8) is 0 Å². The Kier molecular flexibility index (Phi) is 3.64. The van der Waals surface area contributed by atoms with E-state index in [1.807, 2.05) is 0 Å². The van der Waals surface area contributed by atoms with Crippen molar-refractivity contribution in [1.82, 2.24) is 0 Å². The molecule has 0 saturated carbocycles. The van der Waals surface area contributed by atoms with Crippen LogP contribution in [0.5, 0.6) is 23.0 Å². The van der Waals surface area contributed by atoms with Crippen molar-refractivity contribution in [2.45, 2.75) is 9.79 Å². The summed E-state index contributed by atoms with van der Waals surface area (Å²) >= 11 is 0. The van der Waals surface area contributed by atoms with Crippen molar-refractivity contribution in [2.24, 2.45) is 0 Å². The molecule has 0 aliphatic heterocycles. The first kappa shape index (κ1) is 17.0. The summed E-state index contributed by atoms with van der Waals surface area (Å²) in [5.74, 6) is -1.97. The third-order valence-corrected chi connectivity index (χ3v) is 6.33. The van der Waals surface area contributed by atoms with Crippen LogP contribution in [0.2, 0.25) is 0 Å². The molecule has 4 rings (SSSR count). The molecule has 0 radical (unpaired) electrons. The first-order chi connectivity index (χ1) is 12.8. The molecule has 0 aliphatic carbocycles. The second kappa shape index (κ2) is 5.78. The van der Waals surface area contributed by atoms with Crippen LogP contribution in [0, 0.1) is 0 Å². The maximum absolute atomic E-state index is 13.4. The third kappa shape index (κ3) is 2.43. The van der Waals surface area contributed by atoms with Gasteiger partial charge in [0.1, 0.15) is 0 Å². The van der Waals surface area contributed by atoms with Gasteiger partial charge in [-0.1, -0.05) is 48.5 Å². The van der Waals surface area contributed by atoms with E-state index >= 15 is 0 Å². The SMILES string of the molecule is O=S(=O)(c1cc(O)c(O)c2ccccc12)c1cc(O)c(O)c2ccccc12. The highest BCUT2D eigenvalue weighted by Crippen LogP contribution is 2.43. The van der Waals surface area contributed by atoms with Gasteiger partial charge >= 0.3 is 0 Å².